The zero-order chi connectivity index (χ0) is 19.9. The molecule has 2 aromatic carbocycles. The molecule has 0 bridgehead atoms. The molecule has 0 saturated heterocycles. The summed E-state index contributed by atoms with van der Waals surface area (Å²) in [5.74, 6) is 1.59. The zero-order valence-corrected chi connectivity index (χ0v) is 16.0. The van der Waals surface area contributed by atoms with E-state index < -0.39 is 0 Å². The van der Waals surface area contributed by atoms with E-state index in [2.05, 4.69) is 20.6 Å². The van der Waals surface area contributed by atoms with Gasteiger partial charge in [-0.05, 0) is 42.3 Å². The third kappa shape index (κ3) is 4.76. The highest BCUT2D eigenvalue weighted by Crippen LogP contribution is 2.27. The molecular weight excluding hydrogens is 356 g/mol. The summed E-state index contributed by atoms with van der Waals surface area (Å²) in [5.41, 5.74) is 3.06. The molecule has 7 nitrogen and oxygen atoms in total. The first-order valence-electron chi connectivity index (χ1n) is 8.74. The first-order chi connectivity index (χ1) is 13.6. The highest BCUT2D eigenvalue weighted by Gasteiger charge is 2.10. The molecule has 28 heavy (non-hydrogen) atoms. The normalized spacial score (nSPS) is 10.2. The first kappa shape index (κ1) is 19.2. The number of anilines is 2. The summed E-state index contributed by atoms with van der Waals surface area (Å²) < 4.78 is 10.6. The average Bonchev–Trinajstić information content (AvgIpc) is 2.72. The number of methoxy groups -OCH3 is 2. The Morgan fingerprint density at radius 3 is 2.57 bits per heavy atom. The van der Waals surface area contributed by atoms with E-state index in [4.69, 9.17) is 9.47 Å². The second kappa shape index (κ2) is 8.85. The van der Waals surface area contributed by atoms with E-state index in [9.17, 15) is 4.79 Å². The van der Waals surface area contributed by atoms with Gasteiger partial charge in [-0.3, -0.25) is 4.79 Å². The smallest absolute Gasteiger partial charge is 0.274 e. The van der Waals surface area contributed by atoms with Gasteiger partial charge in [-0.1, -0.05) is 18.2 Å². The Morgan fingerprint density at radius 2 is 1.82 bits per heavy atom. The van der Waals surface area contributed by atoms with Gasteiger partial charge in [0.25, 0.3) is 5.91 Å². The lowest BCUT2D eigenvalue weighted by atomic mass is 10.2. The molecule has 0 aliphatic carbocycles. The number of hydrogen-bond donors (Lipinski definition) is 2. The highest BCUT2D eigenvalue weighted by molar-refractivity contribution is 6.03. The van der Waals surface area contributed by atoms with Gasteiger partial charge in [-0.15, -0.1) is 0 Å². The molecular formula is C21H22N4O3. The van der Waals surface area contributed by atoms with E-state index in [1.807, 2.05) is 49.4 Å². The Labute approximate surface area is 163 Å². The van der Waals surface area contributed by atoms with Crippen LogP contribution >= 0.6 is 0 Å². The summed E-state index contributed by atoms with van der Waals surface area (Å²) >= 11 is 0. The molecule has 1 amide bonds. The molecule has 0 spiro atoms. The minimum absolute atomic E-state index is 0.284. The van der Waals surface area contributed by atoms with E-state index in [1.165, 1.54) is 6.33 Å². The number of aromatic nitrogens is 2. The summed E-state index contributed by atoms with van der Waals surface area (Å²) in [4.78, 5) is 20.7. The Kier molecular flexibility index (Phi) is 6.06. The topological polar surface area (TPSA) is 85.4 Å². The molecule has 144 valence electrons. The van der Waals surface area contributed by atoms with Crippen molar-refractivity contribution in [2.24, 2.45) is 0 Å². The van der Waals surface area contributed by atoms with Crippen LogP contribution in [0.15, 0.2) is 54.9 Å². The molecule has 7 heteroatoms. The number of aryl methyl sites for hydroxylation is 1. The van der Waals surface area contributed by atoms with E-state index >= 15 is 0 Å². The van der Waals surface area contributed by atoms with Crippen molar-refractivity contribution in [3.05, 3.63) is 71.7 Å². The highest BCUT2D eigenvalue weighted by atomic mass is 16.5. The van der Waals surface area contributed by atoms with E-state index in [1.54, 1.807) is 20.3 Å². The maximum absolute atomic E-state index is 12.4. The number of ether oxygens (including phenoxy) is 2. The molecule has 0 saturated carbocycles. The van der Waals surface area contributed by atoms with E-state index in [0.717, 1.165) is 16.8 Å². The van der Waals surface area contributed by atoms with Gasteiger partial charge in [0, 0.05) is 18.3 Å². The van der Waals surface area contributed by atoms with Gasteiger partial charge in [0.1, 0.15) is 17.8 Å². The number of rotatable bonds is 7. The van der Waals surface area contributed by atoms with Crippen LogP contribution in [0.4, 0.5) is 11.5 Å². The number of carbonyl (C=O) groups is 1. The van der Waals surface area contributed by atoms with Gasteiger partial charge in [-0.25, -0.2) is 9.97 Å². The zero-order valence-electron chi connectivity index (χ0n) is 16.0. The number of carbonyl (C=O) groups excluding carboxylic acids is 1. The van der Waals surface area contributed by atoms with Crippen molar-refractivity contribution in [2.75, 3.05) is 24.9 Å². The van der Waals surface area contributed by atoms with Crippen molar-refractivity contribution in [3.63, 3.8) is 0 Å². The lowest BCUT2D eigenvalue weighted by Gasteiger charge is -2.11. The molecule has 0 unspecified atom stereocenters. The third-order valence-corrected chi connectivity index (χ3v) is 4.10. The van der Waals surface area contributed by atoms with Crippen LogP contribution in [-0.4, -0.2) is 30.1 Å². The summed E-state index contributed by atoms with van der Waals surface area (Å²) in [6.07, 6.45) is 1.36. The largest absolute Gasteiger partial charge is 0.493 e. The predicted octanol–water partition coefficient (Wildman–Crippen LogP) is 3.67. The van der Waals surface area contributed by atoms with Crippen LogP contribution in [0.5, 0.6) is 11.5 Å². The second-order valence-electron chi connectivity index (χ2n) is 6.15. The van der Waals surface area contributed by atoms with E-state index in [-0.39, 0.29) is 11.6 Å². The van der Waals surface area contributed by atoms with Crippen LogP contribution in [0.3, 0.4) is 0 Å². The molecule has 0 aliphatic rings. The van der Waals surface area contributed by atoms with Crippen LogP contribution in [0.25, 0.3) is 0 Å². The number of nitrogens with zero attached hydrogens (tertiary/aromatic N) is 2. The number of amides is 1. The fourth-order valence-electron chi connectivity index (χ4n) is 2.68. The summed E-state index contributed by atoms with van der Waals surface area (Å²) in [6.45, 7) is 2.48. The third-order valence-electron chi connectivity index (χ3n) is 4.10. The van der Waals surface area contributed by atoms with Gasteiger partial charge < -0.3 is 20.1 Å². The van der Waals surface area contributed by atoms with Crippen LogP contribution in [0.2, 0.25) is 0 Å². The Balaban J connectivity index is 1.67. The van der Waals surface area contributed by atoms with Crippen LogP contribution in [0.1, 0.15) is 21.6 Å². The lowest BCUT2D eigenvalue weighted by Crippen LogP contribution is -2.14. The van der Waals surface area contributed by atoms with Gasteiger partial charge in [0.05, 0.1) is 14.2 Å². The van der Waals surface area contributed by atoms with Crippen LogP contribution in [0, 0.1) is 6.92 Å². The maximum atomic E-state index is 12.4. The summed E-state index contributed by atoms with van der Waals surface area (Å²) in [6, 6.07) is 14.9. The van der Waals surface area contributed by atoms with Gasteiger partial charge >= 0.3 is 0 Å². The number of nitrogens with one attached hydrogen (secondary N) is 2. The summed E-state index contributed by atoms with van der Waals surface area (Å²) in [7, 11) is 3.19. The fraction of sp³-hybridized carbons (Fsp3) is 0.190. The number of hydrogen-bond acceptors (Lipinski definition) is 6. The van der Waals surface area contributed by atoms with E-state index in [0.29, 0.717) is 23.9 Å². The standard InChI is InChI=1S/C21H22N4O3/c1-14-5-4-6-16(9-14)25-21(26)17-11-20(24-13-23-17)22-12-15-7-8-18(27-2)19(10-15)28-3/h4-11,13H,12H2,1-3H3,(H,25,26)(H,22,23,24). The number of benzene rings is 2. The monoisotopic (exact) mass is 378 g/mol. The van der Waals surface area contributed by atoms with Gasteiger partial charge in [-0.2, -0.15) is 0 Å². The molecule has 0 aliphatic heterocycles. The first-order valence-corrected chi connectivity index (χ1v) is 8.74. The quantitative estimate of drug-likeness (QED) is 0.653. The molecule has 0 fully saturated rings. The maximum Gasteiger partial charge on any atom is 0.274 e. The Morgan fingerprint density at radius 1 is 1.00 bits per heavy atom. The van der Waals surface area contributed by atoms with Crippen molar-refractivity contribution in [3.8, 4) is 11.5 Å². The van der Waals surface area contributed by atoms with Crippen molar-refractivity contribution in [1.29, 1.82) is 0 Å². The second-order valence-corrected chi connectivity index (χ2v) is 6.15. The van der Waals surface area contributed by atoms with Crippen molar-refractivity contribution in [1.82, 2.24) is 9.97 Å². The SMILES string of the molecule is COc1ccc(CNc2cc(C(=O)Nc3cccc(C)c3)ncn2)cc1OC. The minimum atomic E-state index is -0.290. The molecule has 1 heterocycles. The molecule has 2 N–H and O–H groups in total. The van der Waals surface area contributed by atoms with Crippen molar-refractivity contribution in [2.45, 2.75) is 13.5 Å². The predicted molar refractivity (Wildman–Crippen MR) is 108 cm³/mol. The Bertz CT molecular complexity index is 975. The molecule has 1 aromatic heterocycles. The van der Waals surface area contributed by atoms with Crippen molar-refractivity contribution >= 4 is 17.4 Å². The van der Waals surface area contributed by atoms with Gasteiger partial charge in [0.15, 0.2) is 11.5 Å². The molecule has 3 aromatic rings. The lowest BCUT2D eigenvalue weighted by molar-refractivity contribution is 0.102. The molecule has 0 radical (unpaired) electrons. The fourth-order valence-corrected chi connectivity index (χ4v) is 2.68. The molecule has 3 rings (SSSR count). The van der Waals surface area contributed by atoms with Gasteiger partial charge in [0.2, 0.25) is 0 Å². The van der Waals surface area contributed by atoms with Crippen LogP contribution < -0.4 is 20.1 Å². The molecule has 0 atom stereocenters. The van der Waals surface area contributed by atoms with Crippen LogP contribution in [-0.2, 0) is 6.54 Å². The Hall–Kier alpha value is -3.61. The van der Waals surface area contributed by atoms with Crippen molar-refractivity contribution < 1.29 is 14.3 Å². The minimum Gasteiger partial charge on any atom is -0.493 e. The summed E-state index contributed by atoms with van der Waals surface area (Å²) in [5, 5.41) is 6.03. The average molecular weight is 378 g/mol.